The number of nitrogens with one attached hydrogen (secondary N) is 1. The van der Waals surface area contributed by atoms with Gasteiger partial charge in [0.1, 0.15) is 0 Å². The van der Waals surface area contributed by atoms with Crippen LogP contribution >= 0.6 is 0 Å². The zero-order valence-electron chi connectivity index (χ0n) is 14.6. The summed E-state index contributed by atoms with van der Waals surface area (Å²) in [5, 5.41) is 2.75. The Hall–Kier alpha value is -1.00. The number of benzene rings is 2. The van der Waals surface area contributed by atoms with Gasteiger partial charge < -0.3 is 5.32 Å². The van der Waals surface area contributed by atoms with E-state index in [2.05, 4.69) is 90.6 Å². The summed E-state index contributed by atoms with van der Waals surface area (Å²) < 4.78 is 0.137. The fourth-order valence-corrected chi connectivity index (χ4v) is 2.80. The molecule has 0 saturated carbocycles. The van der Waals surface area contributed by atoms with E-state index in [1.807, 2.05) is 14.1 Å². The average Bonchev–Trinajstić information content (AvgIpc) is 2.57. The second-order valence-electron chi connectivity index (χ2n) is 6.02. The molecule has 0 aromatic heterocycles. The first-order chi connectivity index (χ1) is 10.7. The molecule has 1 nitrogen and oxygen atoms in total. The number of hydrogen-bond acceptors (Lipinski definition) is 1. The van der Waals surface area contributed by atoms with E-state index in [1.54, 1.807) is 0 Å². The van der Waals surface area contributed by atoms with Gasteiger partial charge in [0.2, 0.25) is 0 Å². The standard InChI is InChI=1S/C18H21.C2H7N.Li/c1-2-3-6-15-18(16-11-7-4-8-12-16)17-13-9-5-10-14-17;1-3-2;/h4-5,7-14H,2-3,6,15H2,1H3;3H,1-2H3;. The van der Waals surface area contributed by atoms with Crippen molar-refractivity contribution in [2.24, 2.45) is 0 Å². The van der Waals surface area contributed by atoms with Crippen molar-refractivity contribution < 1.29 is 0 Å². The van der Waals surface area contributed by atoms with Crippen LogP contribution in [0.5, 0.6) is 0 Å². The SMILES string of the molecule is CNC.[Li][C](CCCCC)(c1ccccc1)c1ccccc1. The fourth-order valence-electron chi connectivity index (χ4n) is 2.80. The molecule has 0 heterocycles. The van der Waals surface area contributed by atoms with Gasteiger partial charge in [0.05, 0.1) is 0 Å². The van der Waals surface area contributed by atoms with Gasteiger partial charge in [-0.3, -0.25) is 0 Å². The second-order valence-corrected chi connectivity index (χ2v) is 6.02. The molecule has 0 unspecified atom stereocenters. The monoisotopic (exact) mass is 289 g/mol. The summed E-state index contributed by atoms with van der Waals surface area (Å²) >= 11 is 2.38. The van der Waals surface area contributed by atoms with Crippen LogP contribution in [0.15, 0.2) is 60.7 Å². The molecule has 2 aromatic rings. The maximum absolute atomic E-state index is 2.75. The van der Waals surface area contributed by atoms with Gasteiger partial charge in [-0.1, -0.05) is 0 Å². The van der Waals surface area contributed by atoms with Crippen molar-refractivity contribution in [2.75, 3.05) is 14.1 Å². The molecule has 22 heavy (non-hydrogen) atoms. The zero-order chi connectivity index (χ0) is 16.3. The first-order valence-electron chi connectivity index (χ1n) is 8.38. The van der Waals surface area contributed by atoms with E-state index in [4.69, 9.17) is 0 Å². The molecule has 1 N–H and O–H groups in total. The van der Waals surface area contributed by atoms with Crippen molar-refractivity contribution in [2.45, 2.75) is 36.7 Å². The van der Waals surface area contributed by atoms with Gasteiger partial charge in [0.25, 0.3) is 0 Å². The first kappa shape index (κ1) is 19.0. The molecule has 114 valence electrons. The van der Waals surface area contributed by atoms with Crippen LogP contribution in [-0.4, -0.2) is 31.8 Å². The number of hydrogen-bond donors (Lipinski definition) is 1. The van der Waals surface area contributed by atoms with Crippen LogP contribution in [0.4, 0.5) is 0 Å². The van der Waals surface area contributed by atoms with Crippen LogP contribution in [0.3, 0.4) is 0 Å². The average molecular weight is 289 g/mol. The third-order valence-electron chi connectivity index (χ3n) is 4.10. The third kappa shape index (κ3) is 5.65. The summed E-state index contributed by atoms with van der Waals surface area (Å²) in [4.78, 5) is 0. The predicted octanol–water partition coefficient (Wildman–Crippen LogP) is 4.51. The summed E-state index contributed by atoms with van der Waals surface area (Å²) in [7, 11) is 3.75. The molecule has 0 spiro atoms. The Kier molecular flexibility index (Phi) is 9.24. The molecule has 0 saturated heterocycles. The summed E-state index contributed by atoms with van der Waals surface area (Å²) in [6, 6.07) is 21.8. The Labute approximate surface area is 145 Å². The van der Waals surface area contributed by atoms with E-state index < -0.39 is 0 Å². The molecule has 0 radical (unpaired) electrons. The van der Waals surface area contributed by atoms with Gasteiger partial charge in [-0.25, -0.2) is 0 Å². The Bertz CT molecular complexity index is 456. The van der Waals surface area contributed by atoms with Crippen LogP contribution in [0.25, 0.3) is 0 Å². The van der Waals surface area contributed by atoms with Crippen LogP contribution in [-0.2, 0) is 4.09 Å². The van der Waals surface area contributed by atoms with Crippen molar-refractivity contribution in [1.82, 2.24) is 5.32 Å². The van der Waals surface area contributed by atoms with Crippen molar-refractivity contribution in [3.05, 3.63) is 71.8 Å². The molecule has 0 fully saturated rings. The Morgan fingerprint density at radius 2 is 1.23 bits per heavy atom. The predicted molar refractivity (Wildman–Crippen MR) is 98.5 cm³/mol. The normalized spacial score (nSPS) is 10.8. The van der Waals surface area contributed by atoms with Gasteiger partial charge >= 0.3 is 126 Å². The van der Waals surface area contributed by atoms with Crippen LogP contribution < -0.4 is 5.32 Å². The van der Waals surface area contributed by atoms with Gasteiger partial charge in [-0.2, -0.15) is 0 Å². The van der Waals surface area contributed by atoms with Gasteiger partial charge in [-0.15, -0.1) is 0 Å². The number of rotatable bonds is 6. The van der Waals surface area contributed by atoms with Crippen molar-refractivity contribution in [3.8, 4) is 0 Å². The van der Waals surface area contributed by atoms with E-state index in [-0.39, 0.29) is 4.09 Å². The second kappa shape index (κ2) is 10.7. The van der Waals surface area contributed by atoms with E-state index in [0.717, 1.165) is 0 Å². The van der Waals surface area contributed by atoms with E-state index in [0.29, 0.717) is 0 Å². The maximum atomic E-state index is 2.75. The minimum atomic E-state index is 0.137. The first-order valence-corrected chi connectivity index (χ1v) is 8.38. The molecule has 0 bridgehead atoms. The molecule has 0 amide bonds. The van der Waals surface area contributed by atoms with E-state index in [9.17, 15) is 0 Å². The molecule has 0 atom stereocenters. The van der Waals surface area contributed by atoms with Crippen molar-refractivity contribution in [3.63, 3.8) is 0 Å². The summed E-state index contributed by atoms with van der Waals surface area (Å²) in [6.45, 7) is 2.27. The van der Waals surface area contributed by atoms with E-state index >= 15 is 0 Å². The van der Waals surface area contributed by atoms with Gasteiger partial charge in [0.15, 0.2) is 0 Å². The molecular weight excluding hydrogens is 261 g/mol. The topological polar surface area (TPSA) is 12.0 Å². The molecule has 2 heteroatoms. The molecule has 0 aliphatic carbocycles. The molecule has 2 rings (SSSR count). The quantitative estimate of drug-likeness (QED) is 0.609. The Morgan fingerprint density at radius 3 is 1.59 bits per heavy atom. The van der Waals surface area contributed by atoms with Crippen LogP contribution in [0, 0.1) is 0 Å². The molecule has 2 aromatic carbocycles. The number of unbranched alkanes of at least 4 members (excludes halogenated alkanes) is 2. The molecule has 0 aliphatic rings. The third-order valence-corrected chi connectivity index (χ3v) is 4.10. The van der Waals surface area contributed by atoms with Crippen molar-refractivity contribution in [1.29, 1.82) is 0 Å². The van der Waals surface area contributed by atoms with E-state index in [1.165, 1.54) is 36.8 Å². The van der Waals surface area contributed by atoms with Crippen LogP contribution in [0.2, 0.25) is 0 Å². The molecular formula is C20H28LiN. The van der Waals surface area contributed by atoms with Crippen molar-refractivity contribution >= 4 is 17.7 Å². The molecule has 0 aliphatic heterocycles. The van der Waals surface area contributed by atoms with Crippen LogP contribution in [0.1, 0.15) is 43.7 Å². The summed E-state index contributed by atoms with van der Waals surface area (Å²) in [6.07, 6.45) is 5.10. The minimum absolute atomic E-state index is 0.137. The van der Waals surface area contributed by atoms with Gasteiger partial charge in [-0.05, 0) is 14.1 Å². The zero-order valence-corrected chi connectivity index (χ0v) is 14.6. The summed E-state index contributed by atoms with van der Waals surface area (Å²) in [5.74, 6) is 0. The Morgan fingerprint density at radius 1 is 0.818 bits per heavy atom. The fraction of sp³-hybridized carbons (Fsp3) is 0.400. The Balaban J connectivity index is 0.000000745. The van der Waals surface area contributed by atoms with Gasteiger partial charge in [0, 0.05) is 0 Å². The summed E-state index contributed by atoms with van der Waals surface area (Å²) in [5.41, 5.74) is 2.86.